The van der Waals surface area contributed by atoms with Crippen LogP contribution < -0.4 is 14.8 Å². The number of carbonyl (C=O) groups is 2. The number of carbonyl (C=O) groups excluding carboxylic acids is 2. The topological polar surface area (TPSA) is 88.1 Å². The molecule has 1 fully saturated rings. The monoisotopic (exact) mass is 426 g/mol. The number of methoxy groups -OCH3 is 2. The zero-order valence-corrected chi connectivity index (χ0v) is 18.1. The lowest BCUT2D eigenvalue weighted by Gasteiger charge is -2.31. The lowest BCUT2D eigenvalue weighted by molar-refractivity contribution is -0.116. The zero-order valence-electron chi connectivity index (χ0n) is 18.1. The van der Waals surface area contributed by atoms with Crippen LogP contribution in [-0.2, 0) is 11.2 Å². The third-order valence-corrected chi connectivity index (χ3v) is 5.66. The Kier molecular flexibility index (Phi) is 7.89. The fourth-order valence-corrected chi connectivity index (χ4v) is 3.85. The fraction of sp³-hybridized carbons (Fsp3) is 0.417. The van der Waals surface area contributed by atoms with Crippen LogP contribution in [0.25, 0.3) is 0 Å². The van der Waals surface area contributed by atoms with E-state index in [1.165, 1.54) is 0 Å². The van der Waals surface area contributed by atoms with Gasteiger partial charge in [-0.25, -0.2) is 0 Å². The van der Waals surface area contributed by atoms with Gasteiger partial charge in [-0.3, -0.25) is 9.59 Å². The molecule has 31 heavy (non-hydrogen) atoms. The molecule has 2 N–H and O–H groups in total. The molecular weight excluding hydrogens is 396 g/mol. The number of aryl methyl sites for hydroxylation is 1. The molecule has 3 rings (SSSR count). The first-order valence-corrected chi connectivity index (χ1v) is 10.6. The van der Waals surface area contributed by atoms with E-state index in [0.717, 1.165) is 18.4 Å². The van der Waals surface area contributed by atoms with Gasteiger partial charge in [-0.2, -0.15) is 0 Å². The Labute approximate surface area is 183 Å². The van der Waals surface area contributed by atoms with Gasteiger partial charge < -0.3 is 24.8 Å². The standard InChI is InChI=1S/C24H30N2O5/c1-30-21-8-4-5-18(23(21)31-2)9-10-22(28)25-20-7-3-6-19(15-20)24(29)26-13-11-17(16-27)12-14-26/h3-8,15,17,27H,9-14,16H2,1-2H3,(H,25,28). The summed E-state index contributed by atoms with van der Waals surface area (Å²) < 4.78 is 10.7. The highest BCUT2D eigenvalue weighted by atomic mass is 16.5. The highest BCUT2D eigenvalue weighted by Gasteiger charge is 2.23. The minimum absolute atomic E-state index is 0.0476. The molecule has 166 valence electrons. The lowest BCUT2D eigenvalue weighted by Crippen LogP contribution is -2.39. The number of para-hydroxylation sites is 1. The van der Waals surface area contributed by atoms with Gasteiger partial charge in [0.15, 0.2) is 11.5 Å². The minimum atomic E-state index is -0.141. The number of aliphatic hydroxyl groups excluding tert-OH is 1. The van der Waals surface area contributed by atoms with Crippen molar-refractivity contribution in [2.75, 3.05) is 39.2 Å². The van der Waals surface area contributed by atoms with Crippen molar-refractivity contribution in [3.63, 3.8) is 0 Å². The average molecular weight is 427 g/mol. The van der Waals surface area contributed by atoms with E-state index in [0.29, 0.717) is 42.3 Å². The van der Waals surface area contributed by atoms with Crippen molar-refractivity contribution in [1.29, 1.82) is 0 Å². The summed E-state index contributed by atoms with van der Waals surface area (Å²) in [6.45, 7) is 1.46. The second-order valence-electron chi connectivity index (χ2n) is 7.70. The van der Waals surface area contributed by atoms with Crippen molar-refractivity contribution in [3.8, 4) is 11.5 Å². The van der Waals surface area contributed by atoms with Gasteiger partial charge in [-0.05, 0) is 55.0 Å². The van der Waals surface area contributed by atoms with Crippen LogP contribution in [0.2, 0.25) is 0 Å². The number of aliphatic hydroxyl groups is 1. The molecule has 0 aromatic heterocycles. The van der Waals surface area contributed by atoms with Crippen molar-refractivity contribution in [3.05, 3.63) is 53.6 Å². The van der Waals surface area contributed by atoms with Crippen molar-refractivity contribution in [1.82, 2.24) is 4.90 Å². The molecule has 0 spiro atoms. The molecule has 0 bridgehead atoms. The molecule has 0 unspecified atom stereocenters. The summed E-state index contributed by atoms with van der Waals surface area (Å²) in [5.74, 6) is 1.36. The third kappa shape index (κ3) is 5.76. The number of anilines is 1. The molecule has 0 aliphatic carbocycles. The summed E-state index contributed by atoms with van der Waals surface area (Å²) in [6.07, 6.45) is 2.40. The first-order valence-electron chi connectivity index (χ1n) is 10.6. The minimum Gasteiger partial charge on any atom is -0.493 e. The van der Waals surface area contributed by atoms with Crippen LogP contribution in [0.5, 0.6) is 11.5 Å². The molecule has 7 nitrogen and oxygen atoms in total. The number of piperidine rings is 1. The molecule has 0 saturated carbocycles. The van der Waals surface area contributed by atoms with Gasteiger partial charge in [0.1, 0.15) is 0 Å². The molecule has 1 heterocycles. The van der Waals surface area contributed by atoms with Crippen molar-refractivity contribution in [2.45, 2.75) is 25.7 Å². The average Bonchev–Trinajstić information content (AvgIpc) is 2.82. The quantitative estimate of drug-likeness (QED) is 0.677. The van der Waals surface area contributed by atoms with Gasteiger partial charge in [0.2, 0.25) is 5.91 Å². The molecule has 2 aromatic rings. The fourth-order valence-electron chi connectivity index (χ4n) is 3.85. The van der Waals surface area contributed by atoms with Gasteiger partial charge in [0.05, 0.1) is 14.2 Å². The van der Waals surface area contributed by atoms with Crippen LogP contribution in [0, 0.1) is 5.92 Å². The number of rotatable bonds is 8. The van der Waals surface area contributed by atoms with Gasteiger partial charge in [0.25, 0.3) is 5.91 Å². The second kappa shape index (κ2) is 10.8. The first-order chi connectivity index (χ1) is 15.0. The Hall–Kier alpha value is -3.06. The predicted molar refractivity (Wildman–Crippen MR) is 119 cm³/mol. The van der Waals surface area contributed by atoms with Crippen molar-refractivity contribution in [2.24, 2.45) is 5.92 Å². The number of ether oxygens (including phenoxy) is 2. The van der Waals surface area contributed by atoms with Gasteiger partial charge in [-0.1, -0.05) is 18.2 Å². The summed E-state index contributed by atoms with van der Waals surface area (Å²) in [7, 11) is 3.16. The SMILES string of the molecule is COc1cccc(CCC(=O)Nc2cccc(C(=O)N3CCC(CO)CC3)c2)c1OC. The Morgan fingerprint density at radius 1 is 1.10 bits per heavy atom. The van der Waals surface area contributed by atoms with Crippen molar-refractivity contribution >= 4 is 17.5 Å². The normalized spacial score (nSPS) is 14.2. The van der Waals surface area contributed by atoms with E-state index in [2.05, 4.69) is 5.32 Å². The third-order valence-electron chi connectivity index (χ3n) is 5.66. The number of likely N-dealkylation sites (tertiary alicyclic amines) is 1. The number of nitrogens with one attached hydrogen (secondary N) is 1. The molecule has 2 amide bonds. The summed E-state index contributed by atoms with van der Waals surface area (Å²) in [5, 5.41) is 12.1. The van der Waals surface area contributed by atoms with Gasteiger partial charge in [0, 0.05) is 37.4 Å². The molecule has 2 aromatic carbocycles. The van der Waals surface area contributed by atoms with E-state index in [1.807, 2.05) is 23.1 Å². The first kappa shape index (κ1) is 22.6. The molecule has 0 atom stereocenters. The van der Waals surface area contributed by atoms with Crippen LogP contribution >= 0.6 is 0 Å². The van der Waals surface area contributed by atoms with Crippen LogP contribution in [0.4, 0.5) is 5.69 Å². The van der Waals surface area contributed by atoms with E-state index < -0.39 is 0 Å². The molecule has 7 heteroatoms. The number of benzene rings is 2. The number of nitrogens with zero attached hydrogens (tertiary/aromatic N) is 1. The molecular formula is C24H30N2O5. The maximum absolute atomic E-state index is 12.8. The van der Waals surface area contributed by atoms with E-state index in [1.54, 1.807) is 38.5 Å². The van der Waals surface area contributed by atoms with Crippen LogP contribution in [-0.4, -0.2) is 55.7 Å². The Balaban J connectivity index is 1.58. The van der Waals surface area contributed by atoms with Crippen LogP contribution in [0.1, 0.15) is 35.2 Å². The summed E-state index contributed by atoms with van der Waals surface area (Å²) in [5.41, 5.74) is 2.04. The molecule has 1 aliphatic heterocycles. The van der Waals surface area contributed by atoms with Crippen molar-refractivity contribution < 1.29 is 24.2 Å². The Bertz CT molecular complexity index is 907. The van der Waals surface area contributed by atoms with E-state index in [9.17, 15) is 14.7 Å². The molecule has 0 radical (unpaired) electrons. The summed E-state index contributed by atoms with van der Waals surface area (Å²) in [4.78, 5) is 27.1. The van der Waals surface area contributed by atoms with Crippen LogP contribution in [0.15, 0.2) is 42.5 Å². The highest BCUT2D eigenvalue weighted by Crippen LogP contribution is 2.31. The maximum atomic E-state index is 12.8. The van der Waals surface area contributed by atoms with Gasteiger partial charge in [-0.15, -0.1) is 0 Å². The van der Waals surface area contributed by atoms with E-state index in [-0.39, 0.29) is 30.8 Å². The maximum Gasteiger partial charge on any atom is 0.253 e. The Morgan fingerprint density at radius 2 is 1.84 bits per heavy atom. The zero-order chi connectivity index (χ0) is 22.2. The predicted octanol–water partition coefficient (Wildman–Crippen LogP) is 3.12. The smallest absolute Gasteiger partial charge is 0.253 e. The van der Waals surface area contributed by atoms with Crippen LogP contribution in [0.3, 0.4) is 0 Å². The number of hydrogen-bond acceptors (Lipinski definition) is 5. The molecule has 1 saturated heterocycles. The second-order valence-corrected chi connectivity index (χ2v) is 7.70. The van der Waals surface area contributed by atoms with Gasteiger partial charge >= 0.3 is 0 Å². The lowest BCUT2D eigenvalue weighted by atomic mass is 9.97. The van der Waals surface area contributed by atoms with E-state index >= 15 is 0 Å². The molecule has 1 aliphatic rings. The highest BCUT2D eigenvalue weighted by molar-refractivity contribution is 5.97. The number of hydrogen-bond donors (Lipinski definition) is 2. The Morgan fingerprint density at radius 3 is 2.52 bits per heavy atom. The summed E-state index contributed by atoms with van der Waals surface area (Å²) in [6, 6.07) is 12.6. The number of amides is 2. The largest absolute Gasteiger partial charge is 0.493 e. The summed E-state index contributed by atoms with van der Waals surface area (Å²) >= 11 is 0. The van der Waals surface area contributed by atoms with E-state index in [4.69, 9.17) is 9.47 Å².